The van der Waals surface area contributed by atoms with Gasteiger partial charge in [0.05, 0.1) is 12.1 Å². The number of amides is 1. The molecule has 0 unspecified atom stereocenters. The first kappa shape index (κ1) is 11.5. The number of carbonyl (C=O) groups excluding carboxylic acids is 1. The first-order valence-corrected chi connectivity index (χ1v) is 5.79. The Hall–Kier alpha value is -1.00. The fourth-order valence-electron chi connectivity index (χ4n) is 1.96. The summed E-state index contributed by atoms with van der Waals surface area (Å²) in [6.45, 7) is 0. The largest absolute Gasteiger partial charge is 0.440 e. The van der Waals surface area contributed by atoms with Crippen LogP contribution in [0.3, 0.4) is 0 Å². The standard InChI is InChI=1S/C11H14ClNO3/c12-10-6-5-9(16-10)11(15)13-7-3-1-2-4-8(7)14/h5-8,14H,1-4H2,(H,13,15)/t7-,8-/m1/s1. The van der Waals surface area contributed by atoms with Crippen LogP contribution in [0.15, 0.2) is 16.5 Å². The van der Waals surface area contributed by atoms with Crippen LogP contribution in [-0.4, -0.2) is 23.2 Å². The van der Waals surface area contributed by atoms with E-state index in [9.17, 15) is 9.90 Å². The Morgan fingerprint density at radius 1 is 1.44 bits per heavy atom. The van der Waals surface area contributed by atoms with Crippen LogP contribution in [0.1, 0.15) is 36.2 Å². The zero-order chi connectivity index (χ0) is 11.5. The van der Waals surface area contributed by atoms with Crippen LogP contribution in [0, 0.1) is 0 Å². The van der Waals surface area contributed by atoms with Crippen LogP contribution in [0.4, 0.5) is 0 Å². The molecule has 0 radical (unpaired) electrons. The van der Waals surface area contributed by atoms with Gasteiger partial charge in [-0.3, -0.25) is 4.79 Å². The van der Waals surface area contributed by atoms with Crippen LogP contribution in [0.5, 0.6) is 0 Å². The molecule has 2 rings (SSSR count). The molecule has 2 N–H and O–H groups in total. The van der Waals surface area contributed by atoms with E-state index in [4.69, 9.17) is 16.0 Å². The minimum atomic E-state index is -0.455. The molecule has 1 aliphatic carbocycles. The van der Waals surface area contributed by atoms with Gasteiger partial charge in [-0.15, -0.1) is 0 Å². The van der Waals surface area contributed by atoms with Crippen LogP contribution in [0.2, 0.25) is 5.22 Å². The average molecular weight is 244 g/mol. The van der Waals surface area contributed by atoms with Crippen molar-refractivity contribution in [3.05, 3.63) is 23.1 Å². The zero-order valence-electron chi connectivity index (χ0n) is 8.78. The highest BCUT2D eigenvalue weighted by molar-refractivity contribution is 6.29. The molecule has 5 heteroatoms. The molecule has 2 atom stereocenters. The maximum atomic E-state index is 11.7. The number of hydrogen-bond acceptors (Lipinski definition) is 3. The van der Waals surface area contributed by atoms with Crippen molar-refractivity contribution in [3.8, 4) is 0 Å². The molecule has 1 saturated carbocycles. The summed E-state index contributed by atoms with van der Waals surface area (Å²) in [6.07, 6.45) is 3.13. The summed E-state index contributed by atoms with van der Waals surface area (Å²) >= 11 is 5.58. The highest BCUT2D eigenvalue weighted by Gasteiger charge is 2.25. The van der Waals surface area contributed by atoms with Crippen molar-refractivity contribution in [1.82, 2.24) is 5.32 Å². The van der Waals surface area contributed by atoms with Crippen LogP contribution < -0.4 is 5.32 Å². The molecule has 0 aliphatic heterocycles. The number of hydrogen-bond donors (Lipinski definition) is 2. The molecule has 0 spiro atoms. The van der Waals surface area contributed by atoms with Crippen molar-refractivity contribution in [1.29, 1.82) is 0 Å². The Morgan fingerprint density at radius 2 is 2.19 bits per heavy atom. The first-order chi connectivity index (χ1) is 7.66. The monoisotopic (exact) mass is 243 g/mol. The topological polar surface area (TPSA) is 62.5 Å². The third-order valence-corrected chi connectivity index (χ3v) is 3.05. The van der Waals surface area contributed by atoms with Crippen molar-refractivity contribution in [2.24, 2.45) is 0 Å². The summed E-state index contributed by atoms with van der Waals surface area (Å²) in [7, 11) is 0. The van der Waals surface area contributed by atoms with E-state index in [-0.39, 0.29) is 22.9 Å². The predicted octanol–water partition coefficient (Wildman–Crippen LogP) is 1.97. The highest BCUT2D eigenvalue weighted by Crippen LogP contribution is 2.19. The molecule has 4 nitrogen and oxygen atoms in total. The van der Waals surface area contributed by atoms with E-state index in [1.807, 2.05) is 0 Å². The number of halogens is 1. The van der Waals surface area contributed by atoms with Gasteiger partial charge in [-0.1, -0.05) is 12.8 Å². The summed E-state index contributed by atoms with van der Waals surface area (Å²) in [4.78, 5) is 11.7. The van der Waals surface area contributed by atoms with Crippen molar-refractivity contribution in [2.75, 3.05) is 0 Å². The van der Waals surface area contributed by atoms with Gasteiger partial charge in [0.25, 0.3) is 5.91 Å². The molecule has 1 aromatic rings. The van der Waals surface area contributed by atoms with E-state index < -0.39 is 6.10 Å². The van der Waals surface area contributed by atoms with Gasteiger partial charge in [-0.05, 0) is 36.6 Å². The van der Waals surface area contributed by atoms with Gasteiger partial charge in [-0.25, -0.2) is 0 Å². The molecule has 1 fully saturated rings. The second kappa shape index (κ2) is 4.89. The van der Waals surface area contributed by atoms with Crippen molar-refractivity contribution in [2.45, 2.75) is 37.8 Å². The summed E-state index contributed by atoms with van der Waals surface area (Å²) in [5, 5.41) is 12.6. The number of rotatable bonds is 2. The lowest BCUT2D eigenvalue weighted by Gasteiger charge is -2.27. The normalized spacial score (nSPS) is 25.4. The first-order valence-electron chi connectivity index (χ1n) is 5.41. The van der Waals surface area contributed by atoms with Gasteiger partial charge < -0.3 is 14.8 Å². The third kappa shape index (κ3) is 2.57. The number of aliphatic hydroxyl groups is 1. The summed E-state index contributed by atoms with van der Waals surface area (Å²) < 4.78 is 4.99. The number of nitrogens with one attached hydrogen (secondary N) is 1. The minimum absolute atomic E-state index is 0.176. The molecule has 16 heavy (non-hydrogen) atoms. The second-order valence-electron chi connectivity index (χ2n) is 4.04. The molecule has 1 heterocycles. The van der Waals surface area contributed by atoms with Crippen LogP contribution in [0.25, 0.3) is 0 Å². The van der Waals surface area contributed by atoms with E-state index in [0.717, 1.165) is 25.7 Å². The van der Waals surface area contributed by atoms with E-state index in [2.05, 4.69) is 5.32 Å². The van der Waals surface area contributed by atoms with E-state index in [0.29, 0.717) is 0 Å². The van der Waals surface area contributed by atoms with Gasteiger partial charge in [0.1, 0.15) is 0 Å². The smallest absolute Gasteiger partial charge is 0.287 e. The van der Waals surface area contributed by atoms with E-state index >= 15 is 0 Å². The lowest BCUT2D eigenvalue weighted by molar-refractivity contribution is 0.0698. The summed E-state index contributed by atoms with van der Waals surface area (Å²) in [6, 6.07) is 2.87. The third-order valence-electron chi connectivity index (χ3n) is 2.84. The van der Waals surface area contributed by atoms with Gasteiger partial charge in [0, 0.05) is 0 Å². The maximum absolute atomic E-state index is 11.7. The van der Waals surface area contributed by atoms with Gasteiger partial charge in [0.2, 0.25) is 0 Å². The van der Waals surface area contributed by atoms with Crippen LogP contribution >= 0.6 is 11.6 Å². The summed E-state index contributed by atoms with van der Waals surface area (Å²) in [5.74, 6) is -0.138. The Morgan fingerprint density at radius 3 is 2.81 bits per heavy atom. The lowest BCUT2D eigenvalue weighted by Crippen LogP contribution is -2.44. The molecule has 0 bridgehead atoms. The molecule has 0 aromatic carbocycles. The SMILES string of the molecule is O=C(N[C@@H]1CCCC[C@H]1O)c1ccc(Cl)o1. The zero-order valence-corrected chi connectivity index (χ0v) is 9.54. The Kier molecular flexibility index (Phi) is 3.51. The summed E-state index contributed by atoms with van der Waals surface area (Å²) in [5.41, 5.74) is 0. The fraction of sp³-hybridized carbons (Fsp3) is 0.545. The van der Waals surface area contributed by atoms with Gasteiger partial charge in [-0.2, -0.15) is 0 Å². The maximum Gasteiger partial charge on any atom is 0.287 e. The minimum Gasteiger partial charge on any atom is -0.440 e. The Bertz CT molecular complexity index is 377. The average Bonchev–Trinajstić information content (AvgIpc) is 2.68. The number of furan rings is 1. The predicted molar refractivity (Wildman–Crippen MR) is 59.4 cm³/mol. The highest BCUT2D eigenvalue weighted by atomic mass is 35.5. The molecule has 88 valence electrons. The lowest BCUT2D eigenvalue weighted by atomic mass is 9.92. The van der Waals surface area contributed by atoms with Crippen molar-refractivity contribution in [3.63, 3.8) is 0 Å². The van der Waals surface area contributed by atoms with Crippen LogP contribution in [-0.2, 0) is 0 Å². The van der Waals surface area contributed by atoms with Gasteiger partial charge >= 0.3 is 0 Å². The fourth-order valence-corrected chi connectivity index (χ4v) is 2.10. The van der Waals surface area contributed by atoms with E-state index in [1.165, 1.54) is 12.1 Å². The molecule has 1 aromatic heterocycles. The van der Waals surface area contributed by atoms with Crippen molar-refractivity contribution < 1.29 is 14.3 Å². The quantitative estimate of drug-likeness (QED) is 0.835. The molecule has 1 aliphatic rings. The molecule has 0 saturated heterocycles. The number of aliphatic hydroxyl groups excluding tert-OH is 1. The molecular weight excluding hydrogens is 230 g/mol. The van der Waals surface area contributed by atoms with E-state index in [1.54, 1.807) is 0 Å². The molecular formula is C11H14ClNO3. The van der Waals surface area contributed by atoms with Crippen molar-refractivity contribution >= 4 is 17.5 Å². The molecule has 1 amide bonds. The Balaban J connectivity index is 1.96. The Labute approximate surface area is 98.6 Å². The number of carbonyl (C=O) groups is 1. The van der Waals surface area contributed by atoms with Gasteiger partial charge in [0.15, 0.2) is 11.0 Å². The second-order valence-corrected chi connectivity index (χ2v) is 4.41.